The van der Waals surface area contributed by atoms with Gasteiger partial charge in [0, 0.05) is 17.5 Å². The van der Waals surface area contributed by atoms with Crippen molar-refractivity contribution in [3.8, 4) is 17.2 Å². The normalized spacial score (nSPS) is 12.6. The van der Waals surface area contributed by atoms with E-state index in [9.17, 15) is 9.90 Å². The van der Waals surface area contributed by atoms with Gasteiger partial charge in [-0.2, -0.15) is 0 Å². The van der Waals surface area contributed by atoms with Crippen LogP contribution in [0, 0.1) is 6.92 Å². The molecule has 0 unspecified atom stereocenters. The minimum Gasteiger partial charge on any atom is -0.493 e. The molecule has 0 saturated carbocycles. The molecule has 1 N–H and O–H groups in total. The third kappa shape index (κ3) is 4.38. The number of hydrogen-bond acceptors (Lipinski definition) is 5. The smallest absolute Gasteiger partial charge is 0.371 e. The molecule has 31 heavy (non-hydrogen) atoms. The highest BCUT2D eigenvalue weighted by Crippen LogP contribution is 2.33. The van der Waals surface area contributed by atoms with Gasteiger partial charge in [0.2, 0.25) is 11.6 Å². The van der Waals surface area contributed by atoms with Gasteiger partial charge in [-0.1, -0.05) is 36.4 Å². The number of hydrogen-bond donors (Lipinski definition) is 1. The Balaban J connectivity index is 1.48. The van der Waals surface area contributed by atoms with Gasteiger partial charge in [-0.25, -0.2) is 9.78 Å². The van der Waals surface area contributed by atoms with E-state index < -0.39 is 5.97 Å². The van der Waals surface area contributed by atoms with Crippen molar-refractivity contribution >= 4 is 18.1 Å². The Morgan fingerprint density at radius 2 is 2.03 bits per heavy atom. The molecule has 1 aliphatic carbocycles. The van der Waals surface area contributed by atoms with Crippen molar-refractivity contribution in [2.24, 2.45) is 0 Å². The standard InChI is InChI=1S/C25H23NO5/c1-16-21(26-24(31-16)17-7-4-3-5-8-17)13-14-30-22-12-11-18(15-23(29-2)25(27)28)19-9-6-10-20(19)22/h3-8,10-12,15H,9,13-14H2,1-2H3,(H,27,28)/b23-15-. The summed E-state index contributed by atoms with van der Waals surface area (Å²) in [4.78, 5) is 15.9. The first-order valence-corrected chi connectivity index (χ1v) is 10.0. The highest BCUT2D eigenvalue weighted by molar-refractivity contribution is 5.90. The number of aryl methyl sites for hydroxylation is 1. The van der Waals surface area contributed by atoms with Gasteiger partial charge in [0.1, 0.15) is 11.5 Å². The molecule has 1 aromatic heterocycles. The number of carboxylic acids is 1. The zero-order chi connectivity index (χ0) is 21.8. The van der Waals surface area contributed by atoms with Crippen LogP contribution in [0.3, 0.4) is 0 Å². The Bertz CT molecular complexity index is 1160. The maximum atomic E-state index is 11.3. The topological polar surface area (TPSA) is 81.8 Å². The van der Waals surface area contributed by atoms with Gasteiger partial charge in [-0.05, 0) is 48.7 Å². The Morgan fingerprint density at radius 1 is 1.23 bits per heavy atom. The molecule has 158 valence electrons. The van der Waals surface area contributed by atoms with E-state index in [1.54, 1.807) is 6.08 Å². The van der Waals surface area contributed by atoms with Gasteiger partial charge in [-0.15, -0.1) is 0 Å². The summed E-state index contributed by atoms with van der Waals surface area (Å²) in [5.41, 5.74) is 4.62. The van der Waals surface area contributed by atoms with Crippen LogP contribution in [0.2, 0.25) is 0 Å². The number of aliphatic carboxylic acids is 1. The number of oxazole rings is 1. The second-order valence-corrected chi connectivity index (χ2v) is 7.16. The molecule has 3 aromatic rings. The fourth-order valence-corrected chi connectivity index (χ4v) is 3.60. The Kier molecular flexibility index (Phi) is 5.89. The van der Waals surface area contributed by atoms with Gasteiger partial charge in [0.05, 0.1) is 19.4 Å². The SMILES string of the molecule is CO/C(=C\c1ccc(OCCc2nc(-c3ccccc3)oc2C)c2c1CC=C2)C(=O)O. The summed E-state index contributed by atoms with van der Waals surface area (Å²) in [7, 11) is 1.35. The molecule has 0 radical (unpaired) electrons. The average molecular weight is 417 g/mol. The Morgan fingerprint density at radius 3 is 2.77 bits per heavy atom. The molecular formula is C25H23NO5. The van der Waals surface area contributed by atoms with Crippen LogP contribution in [0.1, 0.15) is 28.1 Å². The second kappa shape index (κ2) is 8.92. The summed E-state index contributed by atoms with van der Waals surface area (Å²) < 4.78 is 16.8. The van der Waals surface area contributed by atoms with E-state index in [0.717, 1.165) is 45.9 Å². The van der Waals surface area contributed by atoms with Crippen LogP contribution < -0.4 is 4.74 Å². The molecule has 2 aromatic carbocycles. The maximum Gasteiger partial charge on any atom is 0.371 e. The zero-order valence-electron chi connectivity index (χ0n) is 17.4. The predicted octanol–water partition coefficient (Wildman–Crippen LogP) is 4.91. The monoisotopic (exact) mass is 417 g/mol. The fourth-order valence-electron chi connectivity index (χ4n) is 3.60. The number of rotatable bonds is 8. The van der Waals surface area contributed by atoms with Crippen LogP contribution >= 0.6 is 0 Å². The maximum absolute atomic E-state index is 11.3. The van der Waals surface area contributed by atoms with E-state index in [-0.39, 0.29) is 5.76 Å². The summed E-state index contributed by atoms with van der Waals surface area (Å²) in [6.07, 6.45) is 6.93. The Hall–Kier alpha value is -3.80. The highest BCUT2D eigenvalue weighted by Gasteiger charge is 2.17. The largest absolute Gasteiger partial charge is 0.493 e. The molecule has 0 saturated heterocycles. The van der Waals surface area contributed by atoms with Gasteiger partial charge in [0.15, 0.2) is 0 Å². The molecule has 0 atom stereocenters. The van der Waals surface area contributed by atoms with Crippen LogP contribution in [0.25, 0.3) is 23.6 Å². The van der Waals surface area contributed by atoms with E-state index in [2.05, 4.69) is 4.98 Å². The highest BCUT2D eigenvalue weighted by atomic mass is 16.5. The van der Waals surface area contributed by atoms with E-state index >= 15 is 0 Å². The van der Waals surface area contributed by atoms with Gasteiger partial charge in [0.25, 0.3) is 0 Å². The number of ether oxygens (including phenoxy) is 2. The molecule has 4 rings (SSSR count). The van der Waals surface area contributed by atoms with Crippen LogP contribution in [-0.4, -0.2) is 29.8 Å². The number of aromatic nitrogens is 1. The third-order valence-corrected chi connectivity index (χ3v) is 5.19. The van der Waals surface area contributed by atoms with Gasteiger partial charge in [-0.3, -0.25) is 0 Å². The number of benzene rings is 2. The zero-order valence-corrected chi connectivity index (χ0v) is 17.4. The number of methoxy groups -OCH3 is 1. The van der Waals surface area contributed by atoms with Crippen LogP contribution in [-0.2, 0) is 22.4 Å². The summed E-state index contributed by atoms with van der Waals surface area (Å²) >= 11 is 0. The van der Waals surface area contributed by atoms with E-state index in [1.165, 1.54) is 7.11 Å². The van der Waals surface area contributed by atoms with E-state index in [4.69, 9.17) is 13.9 Å². The molecule has 0 amide bonds. The number of fused-ring (bicyclic) bond motifs is 1. The molecular weight excluding hydrogens is 394 g/mol. The van der Waals surface area contributed by atoms with Crippen molar-refractivity contribution in [1.29, 1.82) is 0 Å². The number of carbonyl (C=O) groups is 1. The minimum atomic E-state index is -1.10. The van der Waals surface area contributed by atoms with Crippen molar-refractivity contribution in [2.75, 3.05) is 13.7 Å². The van der Waals surface area contributed by atoms with Gasteiger partial charge < -0.3 is 19.0 Å². The molecule has 1 aliphatic rings. The van der Waals surface area contributed by atoms with Crippen molar-refractivity contribution in [1.82, 2.24) is 4.98 Å². The second-order valence-electron chi connectivity index (χ2n) is 7.16. The molecule has 0 spiro atoms. The predicted molar refractivity (Wildman–Crippen MR) is 118 cm³/mol. The van der Waals surface area contributed by atoms with Crippen molar-refractivity contribution in [2.45, 2.75) is 19.8 Å². The van der Waals surface area contributed by atoms with Crippen LogP contribution in [0.5, 0.6) is 5.75 Å². The molecule has 6 heteroatoms. The minimum absolute atomic E-state index is 0.0986. The number of nitrogens with zero attached hydrogens (tertiary/aromatic N) is 1. The summed E-state index contributed by atoms with van der Waals surface area (Å²) in [6, 6.07) is 13.5. The van der Waals surface area contributed by atoms with Crippen LogP contribution in [0.15, 0.2) is 58.7 Å². The molecule has 0 bridgehead atoms. The van der Waals surface area contributed by atoms with Crippen molar-refractivity contribution in [3.63, 3.8) is 0 Å². The summed E-state index contributed by atoms with van der Waals surface area (Å²) in [5, 5.41) is 9.21. The first-order valence-electron chi connectivity index (χ1n) is 10.0. The Labute approximate surface area is 180 Å². The van der Waals surface area contributed by atoms with Gasteiger partial charge >= 0.3 is 5.97 Å². The lowest BCUT2D eigenvalue weighted by Crippen LogP contribution is -2.05. The fraction of sp³-hybridized carbons (Fsp3) is 0.200. The van der Waals surface area contributed by atoms with E-state index in [0.29, 0.717) is 18.9 Å². The lowest BCUT2D eigenvalue weighted by atomic mass is 10.0. The summed E-state index contributed by atoms with van der Waals surface area (Å²) in [6.45, 7) is 2.36. The van der Waals surface area contributed by atoms with E-state index in [1.807, 2.05) is 61.5 Å². The molecule has 1 heterocycles. The average Bonchev–Trinajstić information content (AvgIpc) is 3.41. The van der Waals surface area contributed by atoms with Crippen molar-refractivity contribution < 1.29 is 23.8 Å². The quantitative estimate of drug-likeness (QED) is 0.414. The molecule has 0 aliphatic heterocycles. The number of allylic oxidation sites excluding steroid dienone is 1. The van der Waals surface area contributed by atoms with Crippen molar-refractivity contribution in [3.05, 3.63) is 82.4 Å². The lowest BCUT2D eigenvalue weighted by molar-refractivity contribution is -0.135. The number of carboxylic acid groups (broad SMARTS) is 1. The van der Waals surface area contributed by atoms with Crippen LogP contribution in [0.4, 0.5) is 0 Å². The first kappa shape index (κ1) is 20.5. The molecule has 0 fully saturated rings. The summed E-state index contributed by atoms with van der Waals surface area (Å²) in [5.74, 6) is 0.966. The third-order valence-electron chi connectivity index (χ3n) is 5.19. The molecule has 6 nitrogen and oxygen atoms in total. The first-order chi connectivity index (χ1) is 15.1. The lowest BCUT2D eigenvalue weighted by Gasteiger charge is -2.13.